The summed E-state index contributed by atoms with van der Waals surface area (Å²) in [5, 5.41) is 8.50. The Labute approximate surface area is 116 Å². The number of carbonyl (C=O) groups is 3. The fourth-order valence-corrected chi connectivity index (χ4v) is 1.54. The average Bonchev–Trinajstić information content (AvgIpc) is 2.43. The summed E-state index contributed by atoms with van der Waals surface area (Å²) in [5.74, 6) is -1.56. The van der Waals surface area contributed by atoms with Crippen molar-refractivity contribution in [2.75, 3.05) is 6.61 Å². The molecule has 0 aliphatic heterocycles. The number of ketones is 1. The number of benzene rings is 1. The Morgan fingerprint density at radius 2 is 1.80 bits per heavy atom. The summed E-state index contributed by atoms with van der Waals surface area (Å²) in [6.45, 7) is 2.01. The van der Waals surface area contributed by atoms with Crippen LogP contribution in [-0.4, -0.2) is 29.4 Å². The summed E-state index contributed by atoms with van der Waals surface area (Å²) < 4.78 is 4.75. The molecule has 0 aliphatic carbocycles. The molecule has 0 amide bonds. The van der Waals surface area contributed by atoms with E-state index in [2.05, 4.69) is 0 Å². The minimum absolute atomic E-state index is 0.0628. The molecule has 0 fully saturated rings. The van der Waals surface area contributed by atoms with Crippen molar-refractivity contribution in [1.82, 2.24) is 0 Å². The molecule has 5 nitrogen and oxygen atoms in total. The minimum atomic E-state index is -1.03. The molecule has 0 atom stereocenters. The summed E-state index contributed by atoms with van der Waals surface area (Å²) in [7, 11) is 0. The molecule has 106 valence electrons. The maximum atomic E-state index is 11.8. The van der Waals surface area contributed by atoms with Crippen LogP contribution in [0.5, 0.6) is 0 Å². The van der Waals surface area contributed by atoms with Crippen LogP contribution in [0, 0.1) is 0 Å². The summed E-state index contributed by atoms with van der Waals surface area (Å²) in [6, 6.07) is 6.51. The summed E-state index contributed by atoms with van der Waals surface area (Å²) in [5.41, 5.74) is 1.18. The number of carboxylic acid groups (broad SMARTS) is 1. The van der Waals surface area contributed by atoms with E-state index in [1.807, 2.05) is 0 Å². The molecule has 5 heteroatoms. The van der Waals surface area contributed by atoms with Crippen molar-refractivity contribution in [2.45, 2.75) is 19.8 Å². The van der Waals surface area contributed by atoms with Crippen LogP contribution in [0.15, 0.2) is 30.3 Å². The van der Waals surface area contributed by atoms with E-state index >= 15 is 0 Å². The largest absolute Gasteiger partial charge is 0.478 e. The quantitative estimate of drug-likeness (QED) is 0.469. The van der Waals surface area contributed by atoms with Crippen molar-refractivity contribution in [1.29, 1.82) is 0 Å². The molecule has 0 aliphatic rings. The molecule has 0 spiro atoms. The lowest BCUT2D eigenvalue weighted by Gasteiger charge is -2.02. The number of ether oxygens (including phenoxy) is 1. The predicted octanol–water partition coefficient (Wildman–Crippen LogP) is 2.31. The van der Waals surface area contributed by atoms with Gasteiger partial charge >= 0.3 is 11.9 Å². The van der Waals surface area contributed by atoms with Crippen LogP contribution in [0.3, 0.4) is 0 Å². The summed E-state index contributed by atoms with van der Waals surface area (Å²) >= 11 is 0. The number of carboxylic acids is 1. The van der Waals surface area contributed by atoms with E-state index in [1.165, 1.54) is 6.08 Å². The van der Waals surface area contributed by atoms with Crippen molar-refractivity contribution >= 4 is 23.8 Å². The van der Waals surface area contributed by atoms with Crippen molar-refractivity contribution in [3.05, 3.63) is 41.5 Å². The van der Waals surface area contributed by atoms with Crippen LogP contribution in [0.1, 0.15) is 35.7 Å². The highest BCUT2D eigenvalue weighted by Gasteiger charge is 2.09. The second-order valence-electron chi connectivity index (χ2n) is 4.02. The highest BCUT2D eigenvalue weighted by atomic mass is 16.5. The Kier molecular flexibility index (Phi) is 6.16. The van der Waals surface area contributed by atoms with E-state index in [4.69, 9.17) is 9.84 Å². The normalized spacial score (nSPS) is 10.4. The third-order valence-corrected chi connectivity index (χ3v) is 2.51. The summed E-state index contributed by atoms with van der Waals surface area (Å²) in [6.07, 6.45) is 2.63. The SMILES string of the molecule is CCOC(=O)CCC(=O)c1ccc(C=CC(=O)O)cc1. The molecular weight excluding hydrogens is 260 g/mol. The van der Waals surface area contributed by atoms with E-state index in [0.717, 1.165) is 6.08 Å². The van der Waals surface area contributed by atoms with Crippen LogP contribution >= 0.6 is 0 Å². The van der Waals surface area contributed by atoms with E-state index in [1.54, 1.807) is 31.2 Å². The zero-order valence-corrected chi connectivity index (χ0v) is 11.2. The van der Waals surface area contributed by atoms with E-state index < -0.39 is 5.97 Å². The standard InChI is InChI=1S/C15H16O5/c1-2-20-15(19)10-8-13(16)12-6-3-11(4-7-12)5-9-14(17)18/h3-7,9H,2,8,10H2,1H3,(H,17,18). The fourth-order valence-electron chi connectivity index (χ4n) is 1.54. The van der Waals surface area contributed by atoms with Gasteiger partial charge in [0, 0.05) is 18.1 Å². The first kappa shape index (κ1) is 15.6. The number of hydrogen-bond acceptors (Lipinski definition) is 4. The molecule has 1 aromatic carbocycles. The number of aliphatic carboxylic acids is 1. The van der Waals surface area contributed by atoms with Crippen molar-refractivity contribution in [2.24, 2.45) is 0 Å². The molecule has 0 aromatic heterocycles. The number of esters is 1. The van der Waals surface area contributed by atoms with Gasteiger partial charge in [-0.1, -0.05) is 24.3 Å². The minimum Gasteiger partial charge on any atom is -0.478 e. The van der Waals surface area contributed by atoms with Gasteiger partial charge < -0.3 is 9.84 Å². The lowest BCUT2D eigenvalue weighted by atomic mass is 10.0. The lowest BCUT2D eigenvalue weighted by Crippen LogP contribution is -2.07. The second kappa shape index (κ2) is 7.89. The van der Waals surface area contributed by atoms with Gasteiger partial charge in [-0.3, -0.25) is 9.59 Å². The van der Waals surface area contributed by atoms with Crippen LogP contribution < -0.4 is 0 Å². The predicted molar refractivity (Wildman–Crippen MR) is 73.3 cm³/mol. The molecule has 1 aromatic rings. The van der Waals surface area contributed by atoms with Crippen LogP contribution in [-0.2, 0) is 14.3 Å². The smallest absolute Gasteiger partial charge is 0.328 e. The molecule has 1 rings (SSSR count). The Morgan fingerprint density at radius 1 is 1.15 bits per heavy atom. The molecular formula is C15H16O5. The molecule has 0 unspecified atom stereocenters. The topological polar surface area (TPSA) is 80.7 Å². The summed E-state index contributed by atoms with van der Waals surface area (Å²) in [4.78, 5) is 33.3. The Bertz CT molecular complexity index is 514. The van der Waals surface area contributed by atoms with E-state index in [0.29, 0.717) is 17.7 Å². The van der Waals surface area contributed by atoms with Crippen LogP contribution in [0.2, 0.25) is 0 Å². The lowest BCUT2D eigenvalue weighted by molar-refractivity contribution is -0.143. The van der Waals surface area contributed by atoms with E-state index in [9.17, 15) is 14.4 Å². The Morgan fingerprint density at radius 3 is 2.35 bits per heavy atom. The van der Waals surface area contributed by atoms with Gasteiger partial charge in [-0.15, -0.1) is 0 Å². The number of carbonyl (C=O) groups excluding carboxylic acids is 2. The maximum absolute atomic E-state index is 11.8. The van der Waals surface area contributed by atoms with Gasteiger partial charge in [-0.2, -0.15) is 0 Å². The third-order valence-electron chi connectivity index (χ3n) is 2.51. The number of rotatable bonds is 7. The van der Waals surface area contributed by atoms with Gasteiger partial charge in [0.05, 0.1) is 13.0 Å². The highest BCUT2D eigenvalue weighted by molar-refractivity contribution is 5.97. The first-order valence-corrected chi connectivity index (χ1v) is 6.23. The average molecular weight is 276 g/mol. The van der Waals surface area contributed by atoms with Crippen LogP contribution in [0.25, 0.3) is 6.08 Å². The first-order chi connectivity index (χ1) is 9.52. The molecule has 0 radical (unpaired) electrons. The third kappa shape index (κ3) is 5.48. The highest BCUT2D eigenvalue weighted by Crippen LogP contribution is 2.10. The van der Waals surface area contributed by atoms with Gasteiger partial charge in [-0.05, 0) is 18.6 Å². The van der Waals surface area contributed by atoms with Crippen molar-refractivity contribution in [3.8, 4) is 0 Å². The molecule has 0 saturated heterocycles. The van der Waals surface area contributed by atoms with Crippen LogP contribution in [0.4, 0.5) is 0 Å². The fraction of sp³-hybridized carbons (Fsp3) is 0.267. The second-order valence-corrected chi connectivity index (χ2v) is 4.02. The zero-order chi connectivity index (χ0) is 15.0. The van der Waals surface area contributed by atoms with Gasteiger partial charge in [0.2, 0.25) is 0 Å². The van der Waals surface area contributed by atoms with Crippen molar-refractivity contribution in [3.63, 3.8) is 0 Å². The molecule has 0 bridgehead atoms. The Hall–Kier alpha value is -2.43. The van der Waals surface area contributed by atoms with Gasteiger partial charge in [0.1, 0.15) is 0 Å². The number of hydrogen-bond donors (Lipinski definition) is 1. The number of Topliss-reactive ketones (excluding diaryl/α,β-unsaturated/α-hetero) is 1. The molecule has 1 N–H and O–H groups in total. The molecule has 20 heavy (non-hydrogen) atoms. The zero-order valence-electron chi connectivity index (χ0n) is 11.2. The molecule has 0 heterocycles. The monoisotopic (exact) mass is 276 g/mol. The van der Waals surface area contributed by atoms with Crippen molar-refractivity contribution < 1.29 is 24.2 Å². The van der Waals surface area contributed by atoms with E-state index in [-0.39, 0.29) is 24.6 Å². The Balaban J connectivity index is 2.57. The molecule has 0 saturated carbocycles. The maximum Gasteiger partial charge on any atom is 0.328 e. The van der Waals surface area contributed by atoms with Gasteiger partial charge in [0.25, 0.3) is 0 Å². The van der Waals surface area contributed by atoms with Gasteiger partial charge in [0.15, 0.2) is 5.78 Å². The first-order valence-electron chi connectivity index (χ1n) is 6.23. The van der Waals surface area contributed by atoms with Gasteiger partial charge in [-0.25, -0.2) is 4.79 Å².